The maximum atomic E-state index is 12.9. The number of primary sulfonamides is 1. The molecule has 1 unspecified atom stereocenters. The molecule has 2 fully saturated rings. The minimum Gasteiger partial charge on any atom is -0.445 e. The molecule has 2 heterocycles. The molecule has 0 spiro atoms. The second kappa shape index (κ2) is 9.50. The van der Waals surface area contributed by atoms with Crippen LogP contribution in [0.2, 0.25) is 10.0 Å². The fourth-order valence-corrected chi connectivity index (χ4v) is 5.49. The summed E-state index contributed by atoms with van der Waals surface area (Å²) in [5.41, 5.74) is 1.11. The SMILES string of the molecule is NS(=O)(=O)c1ccc(C(=O)N2CC3CCN(C(=O)OCc4cc(Cl)cc(Cl)c4)C[C@@H]3C2)cc1. The van der Waals surface area contributed by atoms with Gasteiger partial charge in [-0.3, -0.25) is 4.79 Å². The first-order valence-electron chi connectivity index (χ1n) is 10.4. The van der Waals surface area contributed by atoms with Crippen LogP contribution in [0.5, 0.6) is 0 Å². The Morgan fingerprint density at radius 3 is 2.21 bits per heavy atom. The van der Waals surface area contributed by atoms with E-state index in [1.807, 2.05) is 0 Å². The third kappa shape index (κ3) is 5.60. The number of carbonyl (C=O) groups excluding carboxylic acids is 2. The highest BCUT2D eigenvalue weighted by atomic mass is 35.5. The monoisotopic (exact) mass is 511 g/mol. The Bertz CT molecular complexity index is 1150. The van der Waals surface area contributed by atoms with Crippen molar-refractivity contribution in [3.8, 4) is 0 Å². The summed E-state index contributed by atoms with van der Waals surface area (Å²) in [4.78, 5) is 28.9. The van der Waals surface area contributed by atoms with E-state index in [2.05, 4.69) is 0 Å². The number of rotatable bonds is 4. The van der Waals surface area contributed by atoms with Crippen LogP contribution >= 0.6 is 23.2 Å². The number of sulfonamides is 1. The molecule has 2 aliphatic heterocycles. The maximum absolute atomic E-state index is 12.9. The van der Waals surface area contributed by atoms with Crippen LogP contribution < -0.4 is 5.14 Å². The van der Waals surface area contributed by atoms with Gasteiger partial charge >= 0.3 is 6.09 Å². The minimum atomic E-state index is -3.81. The molecule has 33 heavy (non-hydrogen) atoms. The number of halogens is 2. The number of carbonyl (C=O) groups is 2. The first-order valence-corrected chi connectivity index (χ1v) is 12.7. The summed E-state index contributed by atoms with van der Waals surface area (Å²) in [5, 5.41) is 6.06. The lowest BCUT2D eigenvalue weighted by atomic mass is 9.89. The van der Waals surface area contributed by atoms with Gasteiger partial charge in [-0.25, -0.2) is 18.4 Å². The number of piperidine rings is 1. The number of hydrogen-bond acceptors (Lipinski definition) is 5. The van der Waals surface area contributed by atoms with E-state index in [0.717, 1.165) is 6.42 Å². The Morgan fingerprint density at radius 1 is 0.970 bits per heavy atom. The summed E-state index contributed by atoms with van der Waals surface area (Å²) in [6, 6.07) is 10.6. The minimum absolute atomic E-state index is 0.0386. The van der Waals surface area contributed by atoms with Crippen molar-refractivity contribution in [3.63, 3.8) is 0 Å². The van der Waals surface area contributed by atoms with Gasteiger partial charge in [0.05, 0.1) is 4.90 Å². The number of hydrogen-bond donors (Lipinski definition) is 1. The first kappa shape index (κ1) is 23.8. The molecule has 2 N–H and O–H groups in total. The Morgan fingerprint density at radius 2 is 1.58 bits per heavy atom. The van der Waals surface area contributed by atoms with Crippen molar-refractivity contribution >= 4 is 45.2 Å². The van der Waals surface area contributed by atoms with Crippen LogP contribution in [0.25, 0.3) is 0 Å². The van der Waals surface area contributed by atoms with Crippen molar-refractivity contribution < 1.29 is 22.7 Å². The molecule has 2 aliphatic rings. The number of benzene rings is 2. The quantitative estimate of drug-likeness (QED) is 0.676. The summed E-state index contributed by atoms with van der Waals surface area (Å²) < 4.78 is 28.3. The lowest BCUT2D eigenvalue weighted by molar-refractivity contribution is 0.0729. The zero-order valence-corrected chi connectivity index (χ0v) is 19.9. The van der Waals surface area contributed by atoms with Crippen LogP contribution in [-0.4, -0.2) is 56.4 Å². The van der Waals surface area contributed by atoms with E-state index in [0.29, 0.717) is 53.3 Å². The van der Waals surface area contributed by atoms with Gasteiger partial charge in [0.25, 0.3) is 5.91 Å². The number of amides is 2. The van der Waals surface area contributed by atoms with Gasteiger partial charge in [-0.15, -0.1) is 0 Å². The Kier molecular flexibility index (Phi) is 6.86. The average molecular weight is 512 g/mol. The predicted octanol–water partition coefficient (Wildman–Crippen LogP) is 3.37. The molecule has 2 aromatic rings. The number of nitrogens with zero attached hydrogens (tertiary/aromatic N) is 2. The van der Waals surface area contributed by atoms with Crippen molar-refractivity contribution in [2.75, 3.05) is 26.2 Å². The van der Waals surface area contributed by atoms with E-state index >= 15 is 0 Å². The van der Waals surface area contributed by atoms with Gasteiger partial charge in [-0.05, 0) is 66.3 Å². The van der Waals surface area contributed by atoms with E-state index in [-0.39, 0.29) is 23.3 Å². The smallest absolute Gasteiger partial charge is 0.410 e. The summed E-state index contributed by atoms with van der Waals surface area (Å²) >= 11 is 12.0. The molecule has 4 rings (SSSR count). The van der Waals surface area contributed by atoms with Gasteiger partial charge in [0.1, 0.15) is 6.61 Å². The third-order valence-electron chi connectivity index (χ3n) is 6.06. The molecule has 0 saturated carbocycles. The summed E-state index contributed by atoms with van der Waals surface area (Å²) in [6.45, 7) is 2.26. The third-order valence-corrected chi connectivity index (χ3v) is 7.43. The van der Waals surface area contributed by atoms with E-state index < -0.39 is 16.1 Å². The highest BCUT2D eigenvalue weighted by molar-refractivity contribution is 7.89. The molecule has 2 atom stereocenters. The number of ether oxygens (including phenoxy) is 1. The van der Waals surface area contributed by atoms with E-state index in [9.17, 15) is 18.0 Å². The van der Waals surface area contributed by atoms with Crippen LogP contribution in [0.3, 0.4) is 0 Å². The Hall–Kier alpha value is -2.33. The fraction of sp³-hybridized carbons (Fsp3) is 0.364. The van der Waals surface area contributed by atoms with Crippen molar-refractivity contribution in [1.29, 1.82) is 0 Å². The van der Waals surface area contributed by atoms with Crippen molar-refractivity contribution in [2.24, 2.45) is 17.0 Å². The van der Waals surface area contributed by atoms with E-state index in [4.69, 9.17) is 33.1 Å². The van der Waals surface area contributed by atoms with Gasteiger partial charge in [0, 0.05) is 41.8 Å². The molecular weight excluding hydrogens is 489 g/mol. The summed E-state index contributed by atoms with van der Waals surface area (Å²) in [7, 11) is -3.81. The first-order chi connectivity index (χ1) is 15.6. The molecule has 11 heteroatoms. The van der Waals surface area contributed by atoms with Crippen LogP contribution in [0.1, 0.15) is 22.3 Å². The van der Waals surface area contributed by atoms with Crippen molar-refractivity contribution in [1.82, 2.24) is 9.80 Å². The summed E-state index contributed by atoms with van der Waals surface area (Å²) in [6.07, 6.45) is 0.365. The summed E-state index contributed by atoms with van der Waals surface area (Å²) in [5.74, 6) is 0.283. The number of fused-ring (bicyclic) bond motifs is 1. The van der Waals surface area contributed by atoms with Crippen LogP contribution in [0, 0.1) is 11.8 Å². The van der Waals surface area contributed by atoms with Crippen LogP contribution in [0.15, 0.2) is 47.4 Å². The highest BCUT2D eigenvalue weighted by Crippen LogP contribution is 2.32. The molecule has 0 aromatic heterocycles. The van der Waals surface area contributed by atoms with Crippen LogP contribution in [-0.2, 0) is 21.4 Å². The molecule has 0 radical (unpaired) electrons. The zero-order valence-electron chi connectivity index (χ0n) is 17.6. The van der Waals surface area contributed by atoms with E-state index in [1.54, 1.807) is 28.0 Å². The molecule has 0 aliphatic carbocycles. The molecule has 2 aromatic carbocycles. The predicted molar refractivity (Wildman–Crippen MR) is 124 cm³/mol. The van der Waals surface area contributed by atoms with Gasteiger partial charge in [-0.2, -0.15) is 0 Å². The second-order valence-corrected chi connectivity index (χ2v) is 10.8. The largest absolute Gasteiger partial charge is 0.445 e. The zero-order chi connectivity index (χ0) is 23.8. The molecule has 8 nitrogen and oxygen atoms in total. The van der Waals surface area contributed by atoms with E-state index in [1.165, 1.54) is 24.3 Å². The number of likely N-dealkylation sites (tertiary alicyclic amines) is 2. The second-order valence-electron chi connectivity index (χ2n) is 8.37. The lowest BCUT2D eigenvalue weighted by Gasteiger charge is -2.33. The maximum Gasteiger partial charge on any atom is 0.410 e. The molecular formula is C22H23Cl2N3O5S. The Labute approximate surface area is 202 Å². The standard InChI is InChI=1S/C22H23Cl2N3O5S/c23-18-7-14(8-19(24)9-18)13-32-22(29)26-6-5-16-10-27(12-17(16)11-26)21(28)15-1-3-20(4-2-15)33(25,30)31/h1-4,7-9,16-17H,5-6,10-13H2,(H2,25,30,31)/t16?,17-/m1/s1. The topological polar surface area (TPSA) is 110 Å². The van der Waals surface area contributed by atoms with Gasteiger partial charge in [0.15, 0.2) is 0 Å². The number of nitrogens with two attached hydrogens (primary N) is 1. The molecule has 176 valence electrons. The van der Waals surface area contributed by atoms with Crippen molar-refractivity contribution in [2.45, 2.75) is 17.9 Å². The van der Waals surface area contributed by atoms with Crippen LogP contribution in [0.4, 0.5) is 4.79 Å². The van der Waals surface area contributed by atoms with Crippen molar-refractivity contribution in [3.05, 3.63) is 63.6 Å². The lowest BCUT2D eigenvalue weighted by Crippen LogP contribution is -2.43. The van der Waals surface area contributed by atoms with Gasteiger partial charge in [-0.1, -0.05) is 23.2 Å². The van der Waals surface area contributed by atoms with Gasteiger partial charge < -0.3 is 14.5 Å². The normalized spacial score (nSPS) is 20.5. The molecule has 2 amide bonds. The molecule has 0 bridgehead atoms. The Balaban J connectivity index is 1.33. The highest BCUT2D eigenvalue weighted by Gasteiger charge is 2.40. The average Bonchev–Trinajstić information content (AvgIpc) is 3.19. The van der Waals surface area contributed by atoms with Gasteiger partial charge in [0.2, 0.25) is 10.0 Å². The molecule has 2 saturated heterocycles. The fourth-order valence-electron chi connectivity index (χ4n) is 4.40.